The zero-order valence-corrected chi connectivity index (χ0v) is 12.4. The second kappa shape index (κ2) is 6.85. The second-order valence-corrected chi connectivity index (χ2v) is 5.44. The van der Waals surface area contributed by atoms with E-state index in [2.05, 4.69) is 29.2 Å². The van der Waals surface area contributed by atoms with Crippen molar-refractivity contribution in [2.45, 2.75) is 51.4 Å². The van der Waals surface area contributed by atoms with E-state index >= 15 is 0 Å². The third kappa shape index (κ3) is 3.37. The lowest BCUT2D eigenvalue weighted by Crippen LogP contribution is -2.39. The topological polar surface area (TPSA) is 76.2 Å². The normalized spacial score (nSPS) is 23.1. The largest absolute Gasteiger partial charge is 0.350 e. The van der Waals surface area contributed by atoms with Crippen molar-refractivity contribution in [3.05, 3.63) is 18.2 Å². The van der Waals surface area contributed by atoms with Gasteiger partial charge in [0.05, 0.1) is 18.6 Å². The summed E-state index contributed by atoms with van der Waals surface area (Å²) in [4.78, 5) is 18.4. The molecule has 2 rings (SSSR count). The highest BCUT2D eigenvalue weighted by atomic mass is 16.1. The number of hydrogen-bond donors (Lipinski definition) is 2. The molecule has 0 aliphatic carbocycles. The highest BCUT2D eigenvalue weighted by molar-refractivity contribution is 5.76. The summed E-state index contributed by atoms with van der Waals surface area (Å²) in [6, 6.07) is 0.744. The van der Waals surface area contributed by atoms with Gasteiger partial charge in [0.25, 0.3) is 0 Å². The third-order valence-electron chi connectivity index (χ3n) is 4.28. The summed E-state index contributed by atoms with van der Waals surface area (Å²) in [5.41, 5.74) is 6.76. The van der Waals surface area contributed by atoms with Crippen molar-refractivity contribution in [2.75, 3.05) is 13.6 Å². The van der Waals surface area contributed by atoms with Crippen LogP contribution < -0.4 is 11.1 Å². The average Bonchev–Trinajstić information content (AvgIpc) is 3.04. The van der Waals surface area contributed by atoms with Gasteiger partial charge in [0.15, 0.2) is 0 Å². The van der Waals surface area contributed by atoms with Gasteiger partial charge >= 0.3 is 0 Å². The van der Waals surface area contributed by atoms with Crippen LogP contribution in [0, 0.1) is 0 Å². The summed E-state index contributed by atoms with van der Waals surface area (Å²) in [7, 11) is 2.06. The second-order valence-electron chi connectivity index (χ2n) is 5.44. The quantitative estimate of drug-likeness (QED) is 0.787. The van der Waals surface area contributed by atoms with E-state index in [-0.39, 0.29) is 5.91 Å². The van der Waals surface area contributed by atoms with Gasteiger partial charge in [-0.25, -0.2) is 4.98 Å². The highest BCUT2D eigenvalue weighted by Gasteiger charge is 2.30. The molecule has 1 saturated heterocycles. The van der Waals surface area contributed by atoms with Crippen LogP contribution in [0.2, 0.25) is 0 Å². The van der Waals surface area contributed by atoms with Gasteiger partial charge < -0.3 is 15.6 Å². The van der Waals surface area contributed by atoms with Gasteiger partial charge in [0, 0.05) is 37.8 Å². The Labute approximate surface area is 120 Å². The van der Waals surface area contributed by atoms with Crippen molar-refractivity contribution in [3.63, 3.8) is 0 Å². The lowest BCUT2D eigenvalue weighted by atomic mass is 10.1. The van der Waals surface area contributed by atoms with Crippen LogP contribution in [0.15, 0.2) is 12.5 Å². The molecule has 0 bridgehead atoms. The van der Waals surface area contributed by atoms with Crippen molar-refractivity contribution in [2.24, 2.45) is 5.73 Å². The lowest BCUT2D eigenvalue weighted by molar-refractivity contribution is -0.122. The Hall–Kier alpha value is -1.40. The number of likely N-dealkylation sites (tertiary alicyclic amines) is 1. The van der Waals surface area contributed by atoms with Crippen LogP contribution >= 0.6 is 0 Å². The minimum atomic E-state index is 0.100. The van der Waals surface area contributed by atoms with Gasteiger partial charge in [0.2, 0.25) is 5.91 Å². The summed E-state index contributed by atoms with van der Waals surface area (Å²) in [6.45, 7) is 4.15. The predicted molar refractivity (Wildman–Crippen MR) is 78.0 cm³/mol. The smallest absolute Gasteiger partial charge is 0.221 e. The van der Waals surface area contributed by atoms with E-state index in [0.29, 0.717) is 31.6 Å². The van der Waals surface area contributed by atoms with E-state index in [0.717, 1.165) is 25.1 Å². The number of rotatable bonds is 6. The molecule has 2 atom stereocenters. The number of imidazole rings is 1. The SMILES string of the molecule is CCn1cncc1CNC(=O)C[C@@H]1CC[C@H](CN)N1C. The molecular formula is C14H25N5O. The third-order valence-corrected chi connectivity index (χ3v) is 4.28. The van der Waals surface area contributed by atoms with E-state index in [9.17, 15) is 4.79 Å². The summed E-state index contributed by atoms with van der Waals surface area (Å²) in [6.07, 6.45) is 6.29. The van der Waals surface area contributed by atoms with Gasteiger partial charge in [-0.15, -0.1) is 0 Å². The summed E-state index contributed by atoms with van der Waals surface area (Å²) in [5, 5.41) is 2.98. The fourth-order valence-corrected chi connectivity index (χ4v) is 2.88. The molecule has 1 aliphatic heterocycles. The first-order chi connectivity index (χ1) is 9.65. The molecule has 6 nitrogen and oxygen atoms in total. The molecule has 0 unspecified atom stereocenters. The maximum absolute atomic E-state index is 12.0. The zero-order valence-electron chi connectivity index (χ0n) is 12.4. The molecule has 2 heterocycles. The Morgan fingerprint density at radius 2 is 2.25 bits per heavy atom. The molecule has 0 spiro atoms. The maximum atomic E-state index is 12.0. The molecule has 0 saturated carbocycles. The number of nitrogens with one attached hydrogen (secondary N) is 1. The first kappa shape index (κ1) is 15.0. The molecule has 6 heteroatoms. The molecule has 20 heavy (non-hydrogen) atoms. The zero-order chi connectivity index (χ0) is 14.5. The molecule has 3 N–H and O–H groups in total. The minimum Gasteiger partial charge on any atom is -0.350 e. The maximum Gasteiger partial charge on any atom is 0.221 e. The number of amides is 1. The van der Waals surface area contributed by atoms with Crippen molar-refractivity contribution in [1.29, 1.82) is 0 Å². The van der Waals surface area contributed by atoms with Crippen LogP contribution in [0.4, 0.5) is 0 Å². The van der Waals surface area contributed by atoms with E-state index in [1.807, 2.05) is 4.57 Å². The molecule has 0 radical (unpaired) electrons. The number of carbonyl (C=O) groups is 1. The Morgan fingerprint density at radius 3 is 2.90 bits per heavy atom. The molecule has 1 aromatic heterocycles. The van der Waals surface area contributed by atoms with Gasteiger partial charge in [-0.1, -0.05) is 0 Å². The van der Waals surface area contributed by atoms with Crippen LogP contribution in [-0.4, -0.2) is 46.0 Å². The van der Waals surface area contributed by atoms with Crippen LogP contribution in [-0.2, 0) is 17.9 Å². The van der Waals surface area contributed by atoms with Gasteiger partial charge in [-0.3, -0.25) is 9.69 Å². The first-order valence-electron chi connectivity index (χ1n) is 7.33. The van der Waals surface area contributed by atoms with Crippen LogP contribution in [0.25, 0.3) is 0 Å². The number of nitrogens with zero attached hydrogens (tertiary/aromatic N) is 3. The average molecular weight is 279 g/mol. The van der Waals surface area contributed by atoms with E-state index < -0.39 is 0 Å². The van der Waals surface area contributed by atoms with Gasteiger partial charge in [0.1, 0.15) is 0 Å². The van der Waals surface area contributed by atoms with E-state index in [4.69, 9.17) is 5.73 Å². The molecule has 1 amide bonds. The predicted octanol–water partition coefficient (Wildman–Crippen LogP) is 0.331. The Kier molecular flexibility index (Phi) is 5.14. The summed E-state index contributed by atoms with van der Waals surface area (Å²) in [5.74, 6) is 0.100. The number of carbonyl (C=O) groups excluding carboxylic acids is 1. The fourth-order valence-electron chi connectivity index (χ4n) is 2.88. The minimum absolute atomic E-state index is 0.100. The van der Waals surface area contributed by atoms with Crippen molar-refractivity contribution >= 4 is 5.91 Å². The van der Waals surface area contributed by atoms with Crippen LogP contribution in [0.1, 0.15) is 31.9 Å². The monoisotopic (exact) mass is 279 g/mol. The fraction of sp³-hybridized carbons (Fsp3) is 0.714. The molecule has 112 valence electrons. The molecule has 1 aromatic rings. The number of likely N-dealkylation sites (N-methyl/N-ethyl adjacent to an activating group) is 1. The van der Waals surface area contributed by atoms with Crippen LogP contribution in [0.5, 0.6) is 0 Å². The number of nitrogens with two attached hydrogens (primary N) is 1. The summed E-state index contributed by atoms with van der Waals surface area (Å²) >= 11 is 0. The molecule has 1 aliphatic rings. The highest BCUT2D eigenvalue weighted by Crippen LogP contribution is 2.23. The van der Waals surface area contributed by atoms with E-state index in [1.165, 1.54) is 0 Å². The van der Waals surface area contributed by atoms with Crippen molar-refractivity contribution < 1.29 is 4.79 Å². The number of aromatic nitrogens is 2. The Morgan fingerprint density at radius 1 is 1.50 bits per heavy atom. The van der Waals surface area contributed by atoms with Gasteiger partial charge in [-0.05, 0) is 26.8 Å². The van der Waals surface area contributed by atoms with E-state index in [1.54, 1.807) is 12.5 Å². The molecular weight excluding hydrogens is 254 g/mol. The van der Waals surface area contributed by atoms with Crippen molar-refractivity contribution in [3.8, 4) is 0 Å². The molecule has 1 fully saturated rings. The Bertz CT molecular complexity index is 445. The number of aryl methyl sites for hydroxylation is 1. The standard InChI is InChI=1S/C14H25N5O/c1-3-19-10-16-8-13(19)9-17-14(20)6-11-4-5-12(7-15)18(11)2/h8,10-12H,3-7,9,15H2,1-2H3,(H,17,20)/t11-,12+/m0/s1. The van der Waals surface area contributed by atoms with Crippen molar-refractivity contribution in [1.82, 2.24) is 19.8 Å². The lowest BCUT2D eigenvalue weighted by Gasteiger charge is -2.24. The van der Waals surface area contributed by atoms with Crippen LogP contribution in [0.3, 0.4) is 0 Å². The first-order valence-corrected chi connectivity index (χ1v) is 7.33. The Balaban J connectivity index is 1.79. The van der Waals surface area contributed by atoms with Gasteiger partial charge in [-0.2, -0.15) is 0 Å². The summed E-state index contributed by atoms with van der Waals surface area (Å²) < 4.78 is 2.03. The number of hydrogen-bond acceptors (Lipinski definition) is 4. The molecule has 0 aromatic carbocycles.